The Morgan fingerprint density at radius 1 is 1.08 bits per heavy atom. The molecule has 0 saturated heterocycles. The van der Waals surface area contributed by atoms with Crippen LogP contribution >= 0.6 is 0 Å². The summed E-state index contributed by atoms with van der Waals surface area (Å²) in [6.45, 7) is 7.21. The lowest BCUT2D eigenvalue weighted by Gasteiger charge is -2.22. The third-order valence-electron chi connectivity index (χ3n) is 2.71. The molecule has 13 heavy (non-hydrogen) atoms. The summed E-state index contributed by atoms with van der Waals surface area (Å²) in [6.07, 6.45) is 2.71. The van der Waals surface area contributed by atoms with Gasteiger partial charge in [0.25, 0.3) is 0 Å². The van der Waals surface area contributed by atoms with Gasteiger partial charge in [-0.15, -0.1) is 0 Å². The van der Waals surface area contributed by atoms with Crippen LogP contribution in [0.2, 0.25) is 19.1 Å². The van der Waals surface area contributed by atoms with E-state index in [2.05, 4.69) is 50.3 Å². The number of hydrogen-bond acceptors (Lipinski definition) is 0. The van der Waals surface area contributed by atoms with Gasteiger partial charge in [0, 0.05) is 0 Å². The van der Waals surface area contributed by atoms with Gasteiger partial charge in [0.1, 0.15) is 0 Å². The lowest BCUT2D eigenvalue weighted by atomic mass is 10.4. The van der Waals surface area contributed by atoms with Crippen LogP contribution in [0.1, 0.15) is 19.8 Å². The van der Waals surface area contributed by atoms with Crippen LogP contribution in [0.15, 0.2) is 30.3 Å². The van der Waals surface area contributed by atoms with Gasteiger partial charge in [0.2, 0.25) is 0 Å². The Morgan fingerprint density at radius 3 is 2.23 bits per heavy atom. The van der Waals surface area contributed by atoms with Crippen molar-refractivity contribution in [3.63, 3.8) is 0 Å². The van der Waals surface area contributed by atoms with Crippen LogP contribution in [-0.4, -0.2) is 8.07 Å². The molecule has 0 bridgehead atoms. The summed E-state index contributed by atoms with van der Waals surface area (Å²) in [5, 5.41) is 1.60. The van der Waals surface area contributed by atoms with Gasteiger partial charge in [-0.05, 0) is 0 Å². The van der Waals surface area contributed by atoms with Crippen molar-refractivity contribution in [3.8, 4) is 0 Å². The molecule has 0 spiro atoms. The van der Waals surface area contributed by atoms with Crippen molar-refractivity contribution < 1.29 is 0 Å². The molecule has 0 aliphatic rings. The van der Waals surface area contributed by atoms with Crippen LogP contribution in [0.5, 0.6) is 0 Å². The summed E-state index contributed by atoms with van der Waals surface area (Å²) in [5.74, 6) is 0. The largest absolute Gasteiger partial charge is 0.0806 e. The highest BCUT2D eigenvalue weighted by atomic mass is 28.3. The molecule has 0 amide bonds. The summed E-state index contributed by atoms with van der Waals surface area (Å²) in [5.41, 5.74) is 0. The summed E-state index contributed by atoms with van der Waals surface area (Å²) in [7, 11) is -1.10. The van der Waals surface area contributed by atoms with E-state index in [1.807, 2.05) is 0 Å². The Morgan fingerprint density at radius 2 is 1.69 bits per heavy atom. The highest BCUT2D eigenvalue weighted by Crippen LogP contribution is 2.13. The third-order valence-corrected chi connectivity index (χ3v) is 6.21. The fraction of sp³-hybridized carbons (Fsp3) is 0.500. The van der Waals surface area contributed by atoms with Crippen molar-refractivity contribution in [3.05, 3.63) is 30.3 Å². The summed E-state index contributed by atoms with van der Waals surface area (Å²) < 4.78 is 0. The number of benzene rings is 1. The molecular formula is C12H20Si. The summed E-state index contributed by atoms with van der Waals surface area (Å²) >= 11 is 0. The first kappa shape index (κ1) is 10.5. The summed E-state index contributed by atoms with van der Waals surface area (Å²) in [4.78, 5) is 0. The second kappa shape index (κ2) is 4.61. The van der Waals surface area contributed by atoms with Gasteiger partial charge < -0.3 is 0 Å². The van der Waals surface area contributed by atoms with Crippen molar-refractivity contribution in [2.45, 2.75) is 38.9 Å². The van der Waals surface area contributed by atoms with E-state index in [1.165, 1.54) is 18.9 Å². The van der Waals surface area contributed by atoms with E-state index >= 15 is 0 Å². The first-order valence-corrected chi connectivity index (χ1v) is 8.43. The van der Waals surface area contributed by atoms with Crippen LogP contribution in [0.25, 0.3) is 0 Å². The first-order chi connectivity index (χ1) is 6.17. The van der Waals surface area contributed by atoms with Crippen molar-refractivity contribution >= 4 is 13.3 Å². The Hall–Kier alpha value is -0.563. The van der Waals surface area contributed by atoms with E-state index < -0.39 is 8.07 Å². The van der Waals surface area contributed by atoms with Gasteiger partial charge in [0.05, 0.1) is 8.07 Å². The number of rotatable bonds is 4. The molecule has 0 unspecified atom stereocenters. The van der Waals surface area contributed by atoms with Gasteiger partial charge in [-0.25, -0.2) is 0 Å². The molecule has 1 rings (SSSR count). The average Bonchev–Trinajstić information content (AvgIpc) is 2.16. The van der Waals surface area contributed by atoms with Crippen molar-refractivity contribution in [1.82, 2.24) is 0 Å². The molecule has 0 aromatic heterocycles. The molecule has 0 saturated carbocycles. The van der Waals surface area contributed by atoms with E-state index in [4.69, 9.17) is 0 Å². The zero-order valence-electron chi connectivity index (χ0n) is 9.01. The monoisotopic (exact) mass is 192 g/mol. The maximum absolute atomic E-state index is 2.47. The Balaban J connectivity index is 2.69. The minimum absolute atomic E-state index is 1.10. The third kappa shape index (κ3) is 3.00. The maximum atomic E-state index is 2.47. The molecule has 1 aromatic rings. The molecule has 72 valence electrons. The molecular weight excluding hydrogens is 172 g/mol. The molecule has 0 nitrogen and oxygen atoms in total. The Kier molecular flexibility index (Phi) is 3.73. The van der Waals surface area contributed by atoms with Gasteiger partial charge >= 0.3 is 0 Å². The highest BCUT2D eigenvalue weighted by molar-refractivity contribution is 6.89. The summed E-state index contributed by atoms with van der Waals surface area (Å²) in [6, 6.07) is 12.4. The van der Waals surface area contributed by atoms with E-state index in [9.17, 15) is 0 Å². The van der Waals surface area contributed by atoms with Crippen molar-refractivity contribution in [2.24, 2.45) is 0 Å². The SMILES string of the molecule is CCCC[Si](C)(C)c1ccccc1. The van der Waals surface area contributed by atoms with Gasteiger partial charge in [-0.3, -0.25) is 0 Å². The number of hydrogen-bond donors (Lipinski definition) is 0. The van der Waals surface area contributed by atoms with Crippen LogP contribution in [0.3, 0.4) is 0 Å². The first-order valence-electron chi connectivity index (χ1n) is 5.22. The Labute approximate surface area is 83.0 Å². The second-order valence-corrected chi connectivity index (χ2v) is 9.20. The highest BCUT2D eigenvalue weighted by Gasteiger charge is 2.21. The molecule has 1 aromatic carbocycles. The Bertz CT molecular complexity index is 239. The molecule has 0 heterocycles. The average molecular weight is 192 g/mol. The minimum Gasteiger partial charge on any atom is -0.0654 e. The van der Waals surface area contributed by atoms with Crippen LogP contribution in [-0.2, 0) is 0 Å². The fourth-order valence-corrected chi connectivity index (χ4v) is 4.27. The van der Waals surface area contributed by atoms with E-state index in [0.717, 1.165) is 0 Å². The second-order valence-electron chi connectivity index (χ2n) is 4.35. The van der Waals surface area contributed by atoms with Crippen LogP contribution < -0.4 is 5.19 Å². The molecule has 0 fully saturated rings. The molecule has 0 aliphatic carbocycles. The van der Waals surface area contributed by atoms with Gasteiger partial charge in [-0.2, -0.15) is 0 Å². The lowest BCUT2D eigenvalue weighted by molar-refractivity contribution is 0.870. The zero-order valence-corrected chi connectivity index (χ0v) is 10.0. The number of unbranched alkanes of at least 4 members (excludes halogenated alkanes) is 1. The smallest absolute Gasteiger partial charge is 0.0654 e. The lowest BCUT2D eigenvalue weighted by Crippen LogP contribution is -2.40. The van der Waals surface area contributed by atoms with Crippen LogP contribution in [0.4, 0.5) is 0 Å². The normalized spacial score (nSPS) is 11.6. The predicted octanol–water partition coefficient (Wildman–Crippen LogP) is 3.40. The fourth-order valence-electron chi connectivity index (χ4n) is 1.65. The standard InChI is InChI=1S/C12H20Si/c1-4-5-11-13(2,3)12-9-7-6-8-10-12/h6-10H,4-5,11H2,1-3H3. The van der Waals surface area contributed by atoms with E-state index in [-0.39, 0.29) is 0 Å². The van der Waals surface area contributed by atoms with E-state index in [0.29, 0.717) is 0 Å². The molecule has 0 N–H and O–H groups in total. The van der Waals surface area contributed by atoms with Crippen molar-refractivity contribution in [1.29, 1.82) is 0 Å². The maximum Gasteiger partial charge on any atom is 0.0806 e. The molecule has 0 aliphatic heterocycles. The van der Waals surface area contributed by atoms with Crippen molar-refractivity contribution in [2.75, 3.05) is 0 Å². The minimum atomic E-state index is -1.10. The van der Waals surface area contributed by atoms with Crippen LogP contribution in [0, 0.1) is 0 Å². The molecule has 1 heteroatoms. The quantitative estimate of drug-likeness (QED) is 0.641. The van der Waals surface area contributed by atoms with Gasteiger partial charge in [0.15, 0.2) is 0 Å². The topological polar surface area (TPSA) is 0 Å². The van der Waals surface area contributed by atoms with E-state index in [1.54, 1.807) is 5.19 Å². The molecule has 0 atom stereocenters. The predicted molar refractivity (Wildman–Crippen MR) is 63.3 cm³/mol. The van der Waals surface area contributed by atoms with Gasteiger partial charge in [-0.1, -0.05) is 74.4 Å². The zero-order chi connectivity index (χ0) is 9.73. The molecule has 0 radical (unpaired) electrons.